The van der Waals surface area contributed by atoms with Crippen molar-refractivity contribution in [2.75, 3.05) is 7.05 Å². The largest absolute Gasteiger partial charge is 0.481 e. The van der Waals surface area contributed by atoms with E-state index in [1.165, 1.54) is 7.05 Å². The number of hydrogen-bond acceptors (Lipinski definition) is 3. The molecule has 0 heterocycles. The molecule has 0 saturated heterocycles. The predicted molar refractivity (Wildman–Crippen MR) is 52.1 cm³/mol. The Morgan fingerprint density at radius 2 is 2.07 bits per heavy atom. The summed E-state index contributed by atoms with van der Waals surface area (Å²) >= 11 is 0. The quantitative estimate of drug-likeness (QED) is 0.552. The Balaban J connectivity index is 3.76. The summed E-state index contributed by atoms with van der Waals surface area (Å²) in [5.41, 5.74) is 0. The highest BCUT2D eigenvalue weighted by molar-refractivity contribution is 7.87. The molecule has 0 fully saturated rings. The van der Waals surface area contributed by atoms with Crippen molar-refractivity contribution in [2.45, 2.75) is 32.2 Å². The van der Waals surface area contributed by atoms with Gasteiger partial charge in [0, 0.05) is 19.5 Å². The summed E-state index contributed by atoms with van der Waals surface area (Å²) in [7, 11) is -2.11. The zero-order chi connectivity index (χ0) is 11.2. The standard InChI is InChI=1S/C7H16N2O4S/c1-6(4-3-5-7(10)11)9-14(12,13)8-2/h6,8-9H,3-5H2,1-2H3,(H,10,11). The van der Waals surface area contributed by atoms with Crippen molar-refractivity contribution < 1.29 is 18.3 Å². The van der Waals surface area contributed by atoms with E-state index in [4.69, 9.17) is 5.11 Å². The van der Waals surface area contributed by atoms with Gasteiger partial charge >= 0.3 is 5.97 Å². The first kappa shape index (κ1) is 13.3. The van der Waals surface area contributed by atoms with Gasteiger partial charge in [-0.1, -0.05) is 0 Å². The average molecular weight is 224 g/mol. The van der Waals surface area contributed by atoms with Gasteiger partial charge in [-0.25, -0.2) is 4.72 Å². The molecule has 0 spiro atoms. The molecule has 0 amide bonds. The molecule has 0 aromatic carbocycles. The number of carboxylic acid groups (broad SMARTS) is 1. The van der Waals surface area contributed by atoms with Crippen LogP contribution in [0.5, 0.6) is 0 Å². The summed E-state index contributed by atoms with van der Waals surface area (Å²) in [5.74, 6) is -0.867. The lowest BCUT2D eigenvalue weighted by atomic mass is 10.1. The third kappa shape index (κ3) is 6.81. The van der Waals surface area contributed by atoms with Crippen LogP contribution < -0.4 is 9.44 Å². The molecule has 0 aromatic rings. The van der Waals surface area contributed by atoms with E-state index in [0.717, 1.165) is 0 Å². The SMILES string of the molecule is CNS(=O)(=O)NC(C)CCCC(=O)O. The highest BCUT2D eigenvalue weighted by atomic mass is 32.2. The third-order valence-electron chi connectivity index (χ3n) is 1.65. The van der Waals surface area contributed by atoms with Gasteiger partial charge in [-0.3, -0.25) is 4.79 Å². The van der Waals surface area contributed by atoms with Gasteiger partial charge in [-0.15, -0.1) is 0 Å². The fraction of sp³-hybridized carbons (Fsp3) is 0.857. The van der Waals surface area contributed by atoms with Crippen LogP contribution in [-0.2, 0) is 15.0 Å². The van der Waals surface area contributed by atoms with Crippen LogP contribution in [0.1, 0.15) is 26.2 Å². The molecular formula is C7H16N2O4S. The monoisotopic (exact) mass is 224 g/mol. The van der Waals surface area contributed by atoms with Crippen LogP contribution in [0.15, 0.2) is 0 Å². The minimum atomic E-state index is -3.42. The van der Waals surface area contributed by atoms with Crippen LogP contribution in [0.3, 0.4) is 0 Å². The second kappa shape index (κ2) is 5.94. The predicted octanol–water partition coefficient (Wildman–Crippen LogP) is -0.316. The van der Waals surface area contributed by atoms with Gasteiger partial charge in [0.2, 0.25) is 0 Å². The van der Waals surface area contributed by atoms with Crippen LogP contribution in [0.25, 0.3) is 0 Å². The van der Waals surface area contributed by atoms with Gasteiger partial charge < -0.3 is 5.11 Å². The maximum Gasteiger partial charge on any atom is 0.303 e. The maximum atomic E-state index is 11.0. The highest BCUT2D eigenvalue weighted by Crippen LogP contribution is 2.01. The van der Waals surface area contributed by atoms with Gasteiger partial charge in [0.1, 0.15) is 0 Å². The van der Waals surface area contributed by atoms with Crippen molar-refractivity contribution in [2.24, 2.45) is 0 Å². The fourth-order valence-electron chi connectivity index (χ4n) is 0.942. The molecule has 0 bridgehead atoms. The topological polar surface area (TPSA) is 95.5 Å². The second-order valence-electron chi connectivity index (χ2n) is 3.01. The Labute approximate surface area is 83.9 Å². The molecule has 14 heavy (non-hydrogen) atoms. The Morgan fingerprint density at radius 3 is 2.50 bits per heavy atom. The fourth-order valence-corrected chi connectivity index (χ4v) is 1.71. The minimum absolute atomic E-state index is 0.0611. The van der Waals surface area contributed by atoms with E-state index in [2.05, 4.69) is 9.44 Å². The van der Waals surface area contributed by atoms with E-state index in [-0.39, 0.29) is 12.5 Å². The van der Waals surface area contributed by atoms with Crippen LogP contribution in [0.4, 0.5) is 0 Å². The molecule has 1 unspecified atom stereocenters. The summed E-state index contributed by atoms with van der Waals surface area (Å²) in [5, 5.41) is 8.35. The summed E-state index contributed by atoms with van der Waals surface area (Å²) in [4.78, 5) is 10.2. The smallest absolute Gasteiger partial charge is 0.303 e. The lowest BCUT2D eigenvalue weighted by Gasteiger charge is -2.12. The molecule has 0 saturated carbocycles. The zero-order valence-electron chi connectivity index (χ0n) is 8.28. The summed E-state index contributed by atoms with van der Waals surface area (Å²) in [6.07, 6.45) is 1.03. The maximum absolute atomic E-state index is 11.0. The molecule has 0 aromatic heterocycles. The first-order valence-corrected chi connectivity index (χ1v) is 5.78. The van der Waals surface area contributed by atoms with E-state index >= 15 is 0 Å². The molecule has 0 rings (SSSR count). The minimum Gasteiger partial charge on any atom is -0.481 e. The number of carboxylic acids is 1. The Bertz CT molecular complexity index is 275. The summed E-state index contributed by atoms with van der Waals surface area (Å²) < 4.78 is 26.4. The Hall–Kier alpha value is -0.660. The number of rotatable bonds is 7. The third-order valence-corrected chi connectivity index (χ3v) is 2.90. The summed E-state index contributed by atoms with van der Waals surface area (Å²) in [6, 6.07) is -0.258. The number of hydrogen-bond donors (Lipinski definition) is 3. The van der Waals surface area contributed by atoms with Crippen LogP contribution in [0.2, 0.25) is 0 Å². The van der Waals surface area contributed by atoms with Crippen molar-refractivity contribution >= 4 is 16.2 Å². The van der Waals surface area contributed by atoms with Gasteiger partial charge in [0.05, 0.1) is 0 Å². The van der Waals surface area contributed by atoms with Crippen molar-refractivity contribution in [3.8, 4) is 0 Å². The van der Waals surface area contributed by atoms with E-state index < -0.39 is 16.2 Å². The lowest BCUT2D eigenvalue weighted by molar-refractivity contribution is -0.137. The molecule has 0 aliphatic heterocycles. The number of aliphatic carboxylic acids is 1. The average Bonchev–Trinajstić information content (AvgIpc) is 2.02. The molecule has 3 N–H and O–H groups in total. The summed E-state index contributed by atoms with van der Waals surface area (Å²) in [6.45, 7) is 1.69. The zero-order valence-corrected chi connectivity index (χ0v) is 9.10. The first-order valence-electron chi connectivity index (χ1n) is 4.30. The number of nitrogens with one attached hydrogen (secondary N) is 2. The molecular weight excluding hydrogens is 208 g/mol. The van der Waals surface area contributed by atoms with E-state index in [9.17, 15) is 13.2 Å². The van der Waals surface area contributed by atoms with Gasteiger partial charge in [-0.05, 0) is 19.8 Å². The Kier molecular flexibility index (Phi) is 5.66. The molecule has 1 atom stereocenters. The van der Waals surface area contributed by atoms with Crippen molar-refractivity contribution in [1.82, 2.24) is 9.44 Å². The second-order valence-corrected chi connectivity index (χ2v) is 4.66. The van der Waals surface area contributed by atoms with Crippen LogP contribution in [-0.4, -0.2) is 32.6 Å². The van der Waals surface area contributed by atoms with Crippen LogP contribution >= 0.6 is 0 Å². The van der Waals surface area contributed by atoms with Crippen LogP contribution in [0, 0.1) is 0 Å². The molecule has 6 nitrogen and oxygen atoms in total. The van der Waals surface area contributed by atoms with E-state index in [1.54, 1.807) is 6.92 Å². The molecule has 0 radical (unpaired) electrons. The number of carbonyl (C=O) groups is 1. The van der Waals surface area contributed by atoms with Crippen molar-refractivity contribution in [1.29, 1.82) is 0 Å². The first-order chi connectivity index (χ1) is 6.37. The molecule has 84 valence electrons. The highest BCUT2D eigenvalue weighted by Gasteiger charge is 2.11. The molecule has 0 aliphatic carbocycles. The van der Waals surface area contributed by atoms with Gasteiger partial charge in [0.25, 0.3) is 10.2 Å². The van der Waals surface area contributed by atoms with Gasteiger partial charge in [-0.2, -0.15) is 13.1 Å². The van der Waals surface area contributed by atoms with Crippen molar-refractivity contribution in [3.05, 3.63) is 0 Å². The Morgan fingerprint density at radius 1 is 1.50 bits per heavy atom. The molecule has 7 heteroatoms. The van der Waals surface area contributed by atoms with Gasteiger partial charge in [0.15, 0.2) is 0 Å². The molecule has 0 aliphatic rings. The van der Waals surface area contributed by atoms with Crippen molar-refractivity contribution in [3.63, 3.8) is 0 Å². The lowest BCUT2D eigenvalue weighted by Crippen LogP contribution is -2.39. The van der Waals surface area contributed by atoms with E-state index in [1.807, 2.05) is 0 Å². The van der Waals surface area contributed by atoms with E-state index in [0.29, 0.717) is 12.8 Å². The normalized spacial score (nSPS) is 13.9.